The number of hydrogen-bond donors (Lipinski definition) is 0. The Labute approximate surface area is 249 Å². The minimum Gasteiger partial charge on any atom is -0.377 e. The van der Waals surface area contributed by atoms with Gasteiger partial charge in [-0.05, 0) is 41.0 Å². The van der Waals surface area contributed by atoms with Gasteiger partial charge < -0.3 is 8.75 Å². The molecule has 0 unspecified atom stereocenters. The second kappa shape index (κ2) is 9.41. The molecular formula is C31H20F9NO3S. The van der Waals surface area contributed by atoms with E-state index in [9.17, 15) is 47.9 Å². The number of hydrogen-bond acceptors (Lipinski definition) is 3. The van der Waals surface area contributed by atoms with Crippen LogP contribution in [-0.2, 0) is 15.5 Å². The van der Waals surface area contributed by atoms with Crippen molar-refractivity contribution < 1.29 is 52.1 Å². The van der Waals surface area contributed by atoms with Crippen LogP contribution in [0.2, 0.25) is 0 Å². The summed E-state index contributed by atoms with van der Waals surface area (Å²) in [5, 5.41) is -7.01. The Balaban J connectivity index is 1.70. The molecule has 4 aromatic carbocycles. The van der Waals surface area contributed by atoms with Gasteiger partial charge in [-0.2, -0.15) is 47.9 Å². The second-order valence-corrected chi connectivity index (χ2v) is 12.7. The predicted octanol–water partition coefficient (Wildman–Crippen LogP) is 9.22. The summed E-state index contributed by atoms with van der Waals surface area (Å²) in [6.07, 6.45) is -7.21. The molecule has 0 saturated carbocycles. The van der Waals surface area contributed by atoms with Crippen LogP contribution in [-0.4, -0.2) is 36.3 Å². The van der Waals surface area contributed by atoms with Gasteiger partial charge in [0.15, 0.2) is 5.75 Å². The molecule has 0 bridgehead atoms. The Morgan fingerprint density at radius 3 is 1.93 bits per heavy atom. The zero-order valence-electron chi connectivity index (χ0n) is 23.1. The number of aromatic nitrogens is 1. The molecule has 1 heterocycles. The third kappa shape index (κ3) is 4.03. The fourth-order valence-electron chi connectivity index (χ4n) is 5.89. The third-order valence-corrected chi connectivity index (χ3v) is 9.37. The quantitative estimate of drug-likeness (QED) is 0.135. The maximum Gasteiger partial charge on any atom is 0.460 e. The highest BCUT2D eigenvalue weighted by Gasteiger charge is 2.86. The number of benzene rings is 4. The van der Waals surface area contributed by atoms with Crippen LogP contribution in [0.5, 0.6) is 5.75 Å². The zero-order valence-corrected chi connectivity index (χ0v) is 23.9. The summed E-state index contributed by atoms with van der Waals surface area (Å²) in [5.41, 5.74) is 2.40. The van der Waals surface area contributed by atoms with Crippen LogP contribution in [0.25, 0.3) is 38.6 Å². The topological polar surface area (TPSA) is 48.3 Å². The van der Waals surface area contributed by atoms with Gasteiger partial charge in [0.25, 0.3) is 0 Å². The van der Waals surface area contributed by atoms with Gasteiger partial charge in [-0.15, -0.1) is 0 Å². The summed E-state index contributed by atoms with van der Waals surface area (Å²) in [5.74, 6) is -15.8. The number of rotatable bonds is 6. The van der Waals surface area contributed by atoms with Crippen molar-refractivity contribution in [3.63, 3.8) is 0 Å². The second-order valence-electron chi connectivity index (χ2n) is 11.1. The largest absolute Gasteiger partial charge is 0.460 e. The van der Waals surface area contributed by atoms with E-state index in [1.165, 1.54) is 12.1 Å². The highest BCUT2D eigenvalue weighted by atomic mass is 32.2. The Morgan fingerprint density at radius 2 is 1.29 bits per heavy atom. The fourth-order valence-corrected chi connectivity index (χ4v) is 6.80. The molecule has 236 valence electrons. The zero-order chi connectivity index (χ0) is 33.0. The van der Waals surface area contributed by atoms with E-state index in [1.807, 2.05) is 0 Å². The van der Waals surface area contributed by atoms with Gasteiger partial charge in [0, 0.05) is 22.1 Å². The number of nitrogens with zero attached hydrogens (tertiary/aromatic N) is 1. The lowest BCUT2D eigenvalue weighted by Gasteiger charge is -2.32. The predicted molar refractivity (Wildman–Crippen MR) is 149 cm³/mol. The van der Waals surface area contributed by atoms with Crippen LogP contribution >= 0.6 is 0 Å². The van der Waals surface area contributed by atoms with E-state index in [0.717, 1.165) is 11.6 Å². The summed E-state index contributed by atoms with van der Waals surface area (Å²) in [6.45, 7) is 3.45. The molecular weight excluding hydrogens is 637 g/mol. The minimum absolute atomic E-state index is 0.175. The standard InChI is InChI=1S/C31H20F9NO3S/c1-27(2)20-14-8-6-12-18(20)24-21(27)16-23(44-45(42,43)31(39,40)29(34,35)28(32,33)30(36,37)38)25-19-13-7-9-15-22(19)41(26(24)25)17-10-4-3-5-11-17/h3-16H,1-2H3. The van der Waals surface area contributed by atoms with Gasteiger partial charge >= 0.3 is 33.4 Å². The lowest BCUT2D eigenvalue weighted by atomic mass is 9.82. The third-order valence-electron chi connectivity index (χ3n) is 8.09. The molecule has 0 spiro atoms. The van der Waals surface area contributed by atoms with Gasteiger partial charge in [0.05, 0.1) is 16.4 Å². The summed E-state index contributed by atoms with van der Waals surface area (Å²) in [6, 6.07) is 22.8. The smallest absolute Gasteiger partial charge is 0.377 e. The van der Waals surface area contributed by atoms with E-state index >= 15 is 0 Å². The molecule has 5 aromatic rings. The van der Waals surface area contributed by atoms with Crippen LogP contribution in [0, 0.1) is 0 Å². The van der Waals surface area contributed by atoms with Crippen LogP contribution in [0.1, 0.15) is 25.0 Å². The first kappa shape index (κ1) is 30.8. The first-order chi connectivity index (χ1) is 20.8. The van der Waals surface area contributed by atoms with E-state index in [-0.39, 0.29) is 16.3 Å². The summed E-state index contributed by atoms with van der Waals surface area (Å²) in [7, 11) is -7.22. The van der Waals surface area contributed by atoms with Gasteiger partial charge in [-0.1, -0.05) is 74.5 Å². The number of fused-ring (bicyclic) bond motifs is 7. The van der Waals surface area contributed by atoms with Gasteiger partial charge in [-0.25, -0.2) is 0 Å². The Hall–Kier alpha value is -4.20. The summed E-state index contributed by atoms with van der Waals surface area (Å²) >= 11 is 0. The highest BCUT2D eigenvalue weighted by molar-refractivity contribution is 7.88. The molecule has 4 nitrogen and oxygen atoms in total. The van der Waals surface area contributed by atoms with Crippen LogP contribution < -0.4 is 4.18 Å². The molecule has 0 radical (unpaired) electrons. The molecule has 0 amide bonds. The van der Waals surface area contributed by atoms with E-state index < -0.39 is 44.6 Å². The number of para-hydroxylation sites is 2. The molecule has 0 saturated heterocycles. The van der Waals surface area contributed by atoms with Gasteiger partial charge in [0.2, 0.25) is 0 Å². The van der Waals surface area contributed by atoms with Crippen LogP contribution in [0.4, 0.5) is 39.5 Å². The SMILES string of the molecule is CC1(C)c2ccccc2-c2c1cc(OS(=O)(=O)C(F)(F)C(F)(F)C(F)(F)C(F)(F)F)c1c3ccccc3n(-c3ccccc3)c21. The summed E-state index contributed by atoms with van der Waals surface area (Å²) in [4.78, 5) is 0. The molecule has 0 N–H and O–H groups in total. The van der Waals surface area contributed by atoms with E-state index in [0.29, 0.717) is 27.9 Å². The maximum absolute atomic E-state index is 14.9. The normalized spacial score (nSPS) is 15.4. The molecule has 0 fully saturated rings. The molecule has 6 rings (SSSR count). The van der Waals surface area contributed by atoms with Crippen molar-refractivity contribution in [1.82, 2.24) is 4.57 Å². The molecule has 1 aromatic heterocycles. The first-order valence-electron chi connectivity index (χ1n) is 13.2. The van der Waals surface area contributed by atoms with E-state index in [2.05, 4.69) is 4.18 Å². The summed E-state index contributed by atoms with van der Waals surface area (Å²) < 4.78 is 156. The monoisotopic (exact) mass is 657 g/mol. The van der Waals surface area contributed by atoms with Gasteiger partial charge in [-0.3, -0.25) is 0 Å². The average molecular weight is 658 g/mol. The average Bonchev–Trinajstić information content (AvgIpc) is 3.42. The molecule has 14 heteroatoms. The Bertz CT molecular complexity index is 2100. The van der Waals surface area contributed by atoms with Crippen molar-refractivity contribution in [3.05, 3.63) is 96.1 Å². The fraction of sp³-hybridized carbons (Fsp3) is 0.226. The minimum atomic E-state index is -7.44. The maximum atomic E-state index is 14.9. The number of alkyl halides is 9. The molecule has 45 heavy (non-hydrogen) atoms. The lowest BCUT2D eigenvalue weighted by molar-refractivity contribution is -0.382. The Morgan fingerprint density at radius 1 is 0.711 bits per heavy atom. The van der Waals surface area contributed by atoms with Gasteiger partial charge in [0.1, 0.15) is 0 Å². The Kier molecular flexibility index (Phi) is 6.44. The van der Waals surface area contributed by atoms with Crippen molar-refractivity contribution in [2.45, 2.75) is 42.5 Å². The van der Waals surface area contributed by atoms with Crippen molar-refractivity contribution in [2.75, 3.05) is 0 Å². The van der Waals surface area contributed by atoms with Crippen LogP contribution in [0.15, 0.2) is 84.9 Å². The first-order valence-corrected chi connectivity index (χ1v) is 14.6. The molecule has 1 aliphatic carbocycles. The van der Waals surface area contributed by atoms with E-state index in [4.69, 9.17) is 0 Å². The molecule has 0 aliphatic heterocycles. The number of halogens is 9. The van der Waals surface area contributed by atoms with Crippen molar-refractivity contribution >= 4 is 31.9 Å². The van der Waals surface area contributed by atoms with Crippen molar-refractivity contribution in [3.8, 4) is 22.6 Å². The molecule has 1 aliphatic rings. The highest BCUT2D eigenvalue weighted by Crippen LogP contribution is 2.58. The van der Waals surface area contributed by atoms with Crippen molar-refractivity contribution in [2.24, 2.45) is 0 Å². The lowest BCUT2D eigenvalue weighted by Crippen LogP contribution is -2.63. The van der Waals surface area contributed by atoms with Crippen molar-refractivity contribution in [1.29, 1.82) is 0 Å². The van der Waals surface area contributed by atoms with Crippen LogP contribution in [0.3, 0.4) is 0 Å². The van der Waals surface area contributed by atoms with E-state index in [1.54, 1.807) is 85.1 Å². The molecule has 0 atom stereocenters.